The van der Waals surface area contributed by atoms with Crippen LogP contribution in [0, 0.1) is 46.3 Å². The van der Waals surface area contributed by atoms with E-state index in [1.54, 1.807) is 17.7 Å². The summed E-state index contributed by atoms with van der Waals surface area (Å²) in [6.45, 7) is 12.5. The SMILES string of the molecule is CC(C)CCC[C@@H](C)[C@@H]1CC[C@H]2[C@H]3CC=C4C[C@@H](OC(=O)c5ccccc5Cl)CC[C@]4(C)[C@@H]3CC[C@@]21C. The molecule has 0 amide bonds. The molecule has 8 atom stereocenters. The largest absolute Gasteiger partial charge is 0.458 e. The molecule has 0 radical (unpaired) electrons. The maximum absolute atomic E-state index is 12.8. The molecule has 4 aliphatic rings. The number of allylic oxidation sites excluding steroid dienone is 1. The van der Waals surface area contributed by atoms with Crippen molar-refractivity contribution in [1.82, 2.24) is 0 Å². The summed E-state index contributed by atoms with van der Waals surface area (Å²) in [6, 6.07) is 7.22. The zero-order chi connectivity index (χ0) is 26.4. The van der Waals surface area contributed by atoms with Crippen LogP contribution < -0.4 is 0 Å². The molecule has 3 heteroatoms. The Kier molecular flexibility index (Phi) is 7.90. The van der Waals surface area contributed by atoms with Gasteiger partial charge in [0.25, 0.3) is 0 Å². The van der Waals surface area contributed by atoms with Crippen molar-refractivity contribution in [3.05, 3.63) is 46.5 Å². The van der Waals surface area contributed by atoms with Crippen molar-refractivity contribution < 1.29 is 9.53 Å². The topological polar surface area (TPSA) is 26.3 Å². The summed E-state index contributed by atoms with van der Waals surface area (Å²) in [5, 5.41) is 0.474. The number of carbonyl (C=O) groups is 1. The predicted molar refractivity (Wildman–Crippen MR) is 154 cm³/mol. The highest BCUT2D eigenvalue weighted by molar-refractivity contribution is 6.33. The van der Waals surface area contributed by atoms with E-state index >= 15 is 0 Å². The van der Waals surface area contributed by atoms with Gasteiger partial charge in [-0.1, -0.05) is 89.3 Å². The maximum Gasteiger partial charge on any atom is 0.339 e. The lowest BCUT2D eigenvalue weighted by Crippen LogP contribution is -2.51. The van der Waals surface area contributed by atoms with E-state index in [4.69, 9.17) is 16.3 Å². The Morgan fingerprint density at radius 1 is 1.03 bits per heavy atom. The Hall–Kier alpha value is -1.28. The van der Waals surface area contributed by atoms with Crippen molar-refractivity contribution in [2.75, 3.05) is 0 Å². The molecule has 1 aromatic rings. The fourth-order valence-corrected chi connectivity index (χ4v) is 9.81. The molecule has 4 aliphatic carbocycles. The van der Waals surface area contributed by atoms with E-state index in [0.29, 0.717) is 16.0 Å². The zero-order valence-electron chi connectivity index (χ0n) is 23.9. The normalized spacial score (nSPS) is 37.8. The van der Waals surface area contributed by atoms with E-state index in [2.05, 4.69) is 40.7 Å². The third-order valence-corrected chi connectivity index (χ3v) is 12.0. The Morgan fingerprint density at radius 3 is 2.57 bits per heavy atom. The molecule has 0 heterocycles. The van der Waals surface area contributed by atoms with E-state index in [1.807, 2.05) is 12.1 Å². The van der Waals surface area contributed by atoms with Crippen molar-refractivity contribution >= 4 is 17.6 Å². The minimum absolute atomic E-state index is 0.0314. The zero-order valence-corrected chi connectivity index (χ0v) is 24.7. The standard InChI is InChI=1S/C34H49ClO2/c1-22(2)9-8-10-23(3)28-15-16-29-26-14-13-24-21-25(37-32(36)27-11-6-7-12-31(27)35)17-19-33(24,4)30(26)18-20-34(28,29)5/h6-7,11-13,22-23,25-26,28-30H,8-10,14-21H2,1-5H3/t23-,25+,26-,28+,29+,30-,33+,34-/m1/s1. The number of esters is 1. The smallest absolute Gasteiger partial charge is 0.339 e. The van der Waals surface area contributed by atoms with E-state index in [9.17, 15) is 4.79 Å². The van der Waals surface area contributed by atoms with Crippen LogP contribution in [0.15, 0.2) is 35.9 Å². The van der Waals surface area contributed by atoms with Crippen LogP contribution in [-0.2, 0) is 4.74 Å². The minimum Gasteiger partial charge on any atom is -0.458 e. The number of hydrogen-bond donors (Lipinski definition) is 0. The van der Waals surface area contributed by atoms with Gasteiger partial charge in [-0.3, -0.25) is 0 Å². The average Bonchev–Trinajstić information content (AvgIpc) is 3.21. The van der Waals surface area contributed by atoms with Crippen LogP contribution >= 0.6 is 11.6 Å². The molecule has 3 fully saturated rings. The molecule has 5 rings (SSSR count). The Bertz CT molecular complexity index is 1010. The highest BCUT2D eigenvalue weighted by Crippen LogP contribution is 2.67. The number of benzene rings is 1. The first kappa shape index (κ1) is 27.3. The lowest BCUT2D eigenvalue weighted by molar-refractivity contribution is -0.0594. The maximum atomic E-state index is 12.8. The molecule has 0 spiro atoms. The first-order valence-corrected chi connectivity index (χ1v) is 15.7. The van der Waals surface area contributed by atoms with Gasteiger partial charge in [-0.2, -0.15) is 0 Å². The average molecular weight is 525 g/mol. The van der Waals surface area contributed by atoms with Crippen LogP contribution in [0.25, 0.3) is 0 Å². The quantitative estimate of drug-likeness (QED) is 0.262. The molecule has 204 valence electrons. The highest BCUT2D eigenvalue weighted by atomic mass is 35.5. The summed E-state index contributed by atoms with van der Waals surface area (Å²) in [6.07, 6.45) is 16.6. The minimum atomic E-state index is -0.276. The molecule has 37 heavy (non-hydrogen) atoms. The number of rotatable bonds is 7. The number of hydrogen-bond acceptors (Lipinski definition) is 2. The molecule has 0 bridgehead atoms. The van der Waals surface area contributed by atoms with E-state index in [1.165, 1.54) is 51.4 Å². The molecule has 0 saturated heterocycles. The van der Waals surface area contributed by atoms with Gasteiger partial charge in [-0.25, -0.2) is 4.79 Å². The summed E-state index contributed by atoms with van der Waals surface area (Å²) >= 11 is 6.26. The van der Waals surface area contributed by atoms with Gasteiger partial charge in [0.15, 0.2) is 0 Å². The van der Waals surface area contributed by atoms with Gasteiger partial charge in [0.1, 0.15) is 6.10 Å². The second kappa shape index (κ2) is 10.7. The second-order valence-corrected chi connectivity index (χ2v) is 14.4. The van der Waals surface area contributed by atoms with Gasteiger partial charge in [-0.05, 0) is 103 Å². The number of ether oxygens (including phenoxy) is 1. The molecule has 0 aromatic heterocycles. The van der Waals surface area contributed by atoms with Crippen LogP contribution in [0.1, 0.15) is 116 Å². The van der Waals surface area contributed by atoms with Gasteiger partial charge < -0.3 is 4.74 Å². The van der Waals surface area contributed by atoms with E-state index in [-0.39, 0.29) is 17.5 Å². The summed E-state index contributed by atoms with van der Waals surface area (Å²) in [7, 11) is 0. The number of carbonyl (C=O) groups excluding carboxylic acids is 1. The van der Waals surface area contributed by atoms with Gasteiger partial charge in [0, 0.05) is 6.42 Å². The van der Waals surface area contributed by atoms with Gasteiger partial charge >= 0.3 is 5.97 Å². The third-order valence-electron chi connectivity index (χ3n) is 11.6. The van der Waals surface area contributed by atoms with Gasteiger partial charge in [0.2, 0.25) is 0 Å². The summed E-state index contributed by atoms with van der Waals surface area (Å²) in [5.74, 6) is 4.83. The van der Waals surface area contributed by atoms with Crippen molar-refractivity contribution in [2.24, 2.45) is 46.3 Å². The van der Waals surface area contributed by atoms with E-state index in [0.717, 1.165) is 54.8 Å². The molecular formula is C34H49ClO2. The van der Waals surface area contributed by atoms with Gasteiger partial charge in [0.05, 0.1) is 10.6 Å². The fraction of sp³-hybridized carbons (Fsp3) is 0.735. The van der Waals surface area contributed by atoms with Crippen LogP contribution in [0.4, 0.5) is 0 Å². The van der Waals surface area contributed by atoms with E-state index < -0.39 is 0 Å². The van der Waals surface area contributed by atoms with Crippen molar-refractivity contribution in [3.8, 4) is 0 Å². The predicted octanol–water partition coefficient (Wildman–Crippen LogP) is 9.91. The molecule has 2 nitrogen and oxygen atoms in total. The summed E-state index contributed by atoms with van der Waals surface area (Å²) < 4.78 is 6.00. The molecule has 0 N–H and O–H groups in total. The third kappa shape index (κ3) is 5.06. The fourth-order valence-electron chi connectivity index (χ4n) is 9.59. The monoisotopic (exact) mass is 524 g/mol. The van der Waals surface area contributed by atoms with Gasteiger partial charge in [-0.15, -0.1) is 0 Å². The molecular weight excluding hydrogens is 476 g/mol. The number of fused-ring (bicyclic) bond motifs is 5. The van der Waals surface area contributed by atoms with Crippen molar-refractivity contribution in [2.45, 2.75) is 111 Å². The molecule has 3 saturated carbocycles. The molecule has 0 unspecified atom stereocenters. The first-order valence-electron chi connectivity index (χ1n) is 15.3. The Balaban J connectivity index is 1.26. The summed E-state index contributed by atoms with van der Waals surface area (Å²) in [4.78, 5) is 12.8. The van der Waals surface area contributed by atoms with Crippen LogP contribution in [0.2, 0.25) is 5.02 Å². The first-order chi connectivity index (χ1) is 17.6. The Morgan fingerprint density at radius 2 is 1.81 bits per heavy atom. The summed E-state index contributed by atoms with van der Waals surface area (Å²) in [5.41, 5.74) is 2.86. The number of halogens is 1. The molecule has 1 aromatic carbocycles. The van der Waals surface area contributed by atoms with Crippen LogP contribution in [0.3, 0.4) is 0 Å². The van der Waals surface area contributed by atoms with Crippen LogP contribution in [0.5, 0.6) is 0 Å². The lowest BCUT2D eigenvalue weighted by Gasteiger charge is -2.58. The van der Waals surface area contributed by atoms with Crippen molar-refractivity contribution in [3.63, 3.8) is 0 Å². The van der Waals surface area contributed by atoms with Crippen molar-refractivity contribution in [1.29, 1.82) is 0 Å². The highest BCUT2D eigenvalue weighted by Gasteiger charge is 2.59. The van der Waals surface area contributed by atoms with Crippen LogP contribution in [-0.4, -0.2) is 12.1 Å². The second-order valence-electron chi connectivity index (χ2n) is 14.0. The lowest BCUT2D eigenvalue weighted by atomic mass is 9.47. The molecule has 0 aliphatic heterocycles. The Labute approximate surface area is 231 Å².